The average molecular weight is 213 g/mol. The standard InChI is InChI=1S/C12H23NO2/c1-3-10(13)12(9-11(14)15-2)7-5-4-6-8-12/h10H,3-9,13H2,1-2H3. The molecule has 3 nitrogen and oxygen atoms in total. The van der Waals surface area contributed by atoms with Gasteiger partial charge in [0.1, 0.15) is 0 Å². The van der Waals surface area contributed by atoms with E-state index in [0.29, 0.717) is 6.42 Å². The van der Waals surface area contributed by atoms with Crippen molar-refractivity contribution in [3.63, 3.8) is 0 Å². The van der Waals surface area contributed by atoms with Gasteiger partial charge in [-0.05, 0) is 24.7 Å². The van der Waals surface area contributed by atoms with Crippen LogP contribution >= 0.6 is 0 Å². The van der Waals surface area contributed by atoms with Crippen LogP contribution < -0.4 is 5.73 Å². The largest absolute Gasteiger partial charge is 0.469 e. The third-order valence-corrected chi connectivity index (χ3v) is 3.80. The highest BCUT2D eigenvalue weighted by Gasteiger charge is 2.39. The zero-order valence-electron chi connectivity index (χ0n) is 9.92. The van der Waals surface area contributed by atoms with Crippen LogP contribution in [0, 0.1) is 5.41 Å². The maximum absolute atomic E-state index is 11.4. The predicted molar refractivity (Wildman–Crippen MR) is 60.4 cm³/mol. The Morgan fingerprint density at radius 3 is 2.47 bits per heavy atom. The molecule has 3 heteroatoms. The molecule has 0 radical (unpaired) electrons. The normalized spacial score (nSPS) is 22.1. The summed E-state index contributed by atoms with van der Waals surface area (Å²) in [7, 11) is 1.45. The van der Waals surface area contributed by atoms with E-state index in [1.54, 1.807) is 0 Å². The van der Waals surface area contributed by atoms with Gasteiger partial charge in [-0.15, -0.1) is 0 Å². The number of carbonyl (C=O) groups excluding carboxylic acids is 1. The maximum atomic E-state index is 11.4. The van der Waals surface area contributed by atoms with Gasteiger partial charge in [0, 0.05) is 6.04 Å². The van der Waals surface area contributed by atoms with Crippen LogP contribution in [0.25, 0.3) is 0 Å². The van der Waals surface area contributed by atoms with Crippen LogP contribution in [0.3, 0.4) is 0 Å². The van der Waals surface area contributed by atoms with E-state index < -0.39 is 0 Å². The molecule has 1 unspecified atom stereocenters. The van der Waals surface area contributed by atoms with E-state index in [1.165, 1.54) is 26.4 Å². The van der Waals surface area contributed by atoms with Gasteiger partial charge in [0.15, 0.2) is 0 Å². The third kappa shape index (κ3) is 2.94. The maximum Gasteiger partial charge on any atom is 0.306 e. The van der Waals surface area contributed by atoms with Crippen molar-refractivity contribution in [2.75, 3.05) is 7.11 Å². The van der Waals surface area contributed by atoms with Gasteiger partial charge < -0.3 is 10.5 Å². The molecule has 1 fully saturated rings. The summed E-state index contributed by atoms with van der Waals surface area (Å²) >= 11 is 0. The highest BCUT2D eigenvalue weighted by Crippen LogP contribution is 2.42. The van der Waals surface area contributed by atoms with Gasteiger partial charge in [-0.2, -0.15) is 0 Å². The van der Waals surface area contributed by atoms with Crippen molar-refractivity contribution >= 4 is 5.97 Å². The SMILES string of the molecule is CCC(N)C1(CC(=O)OC)CCCCC1. The lowest BCUT2D eigenvalue weighted by Gasteiger charge is -2.41. The Kier molecular flexibility index (Phi) is 4.58. The van der Waals surface area contributed by atoms with Crippen molar-refractivity contribution in [3.8, 4) is 0 Å². The molecule has 0 spiro atoms. The van der Waals surface area contributed by atoms with Crippen molar-refractivity contribution in [2.24, 2.45) is 11.1 Å². The van der Waals surface area contributed by atoms with Gasteiger partial charge in [-0.3, -0.25) is 4.79 Å². The quantitative estimate of drug-likeness (QED) is 0.729. The smallest absolute Gasteiger partial charge is 0.306 e. The number of carbonyl (C=O) groups is 1. The molecule has 1 rings (SSSR count). The van der Waals surface area contributed by atoms with Crippen LogP contribution in [0.1, 0.15) is 51.9 Å². The Balaban J connectivity index is 2.70. The lowest BCUT2D eigenvalue weighted by Crippen LogP contribution is -2.44. The molecule has 1 saturated carbocycles. The number of methoxy groups -OCH3 is 1. The topological polar surface area (TPSA) is 52.3 Å². The molecule has 0 saturated heterocycles. The highest BCUT2D eigenvalue weighted by atomic mass is 16.5. The first kappa shape index (κ1) is 12.5. The molecule has 2 N–H and O–H groups in total. The van der Waals surface area contributed by atoms with Gasteiger partial charge in [0.05, 0.1) is 13.5 Å². The van der Waals surface area contributed by atoms with Gasteiger partial charge >= 0.3 is 5.97 Å². The molecule has 0 aliphatic heterocycles. The first-order chi connectivity index (χ1) is 7.14. The summed E-state index contributed by atoms with van der Waals surface area (Å²) < 4.78 is 4.78. The lowest BCUT2D eigenvalue weighted by atomic mass is 9.66. The minimum absolute atomic E-state index is 0.0140. The lowest BCUT2D eigenvalue weighted by molar-refractivity contribution is -0.144. The van der Waals surface area contributed by atoms with E-state index in [1.807, 2.05) is 0 Å². The van der Waals surface area contributed by atoms with Crippen LogP contribution in [0.5, 0.6) is 0 Å². The van der Waals surface area contributed by atoms with Crippen molar-refractivity contribution in [2.45, 2.75) is 57.9 Å². The van der Waals surface area contributed by atoms with E-state index in [2.05, 4.69) is 6.92 Å². The summed E-state index contributed by atoms with van der Waals surface area (Å²) in [5.74, 6) is -0.110. The van der Waals surface area contributed by atoms with Crippen LogP contribution in [-0.2, 0) is 9.53 Å². The molecule has 0 bridgehead atoms. The van der Waals surface area contributed by atoms with Crippen LogP contribution in [0.15, 0.2) is 0 Å². The van der Waals surface area contributed by atoms with Gasteiger partial charge in [0.2, 0.25) is 0 Å². The molecule has 1 aliphatic carbocycles. The second-order valence-electron chi connectivity index (χ2n) is 4.69. The number of ether oxygens (including phenoxy) is 1. The van der Waals surface area contributed by atoms with Gasteiger partial charge in [-0.1, -0.05) is 26.2 Å². The molecular weight excluding hydrogens is 190 g/mol. The molecule has 1 atom stereocenters. The van der Waals surface area contributed by atoms with E-state index in [9.17, 15) is 4.79 Å². The molecule has 15 heavy (non-hydrogen) atoms. The van der Waals surface area contributed by atoms with Crippen molar-refractivity contribution in [1.82, 2.24) is 0 Å². The molecule has 0 heterocycles. The Bertz CT molecular complexity index is 210. The summed E-state index contributed by atoms with van der Waals surface area (Å²) in [6.07, 6.45) is 7.28. The Morgan fingerprint density at radius 2 is 2.00 bits per heavy atom. The van der Waals surface area contributed by atoms with Crippen LogP contribution in [0.2, 0.25) is 0 Å². The first-order valence-electron chi connectivity index (χ1n) is 5.97. The van der Waals surface area contributed by atoms with Crippen molar-refractivity contribution in [3.05, 3.63) is 0 Å². The summed E-state index contributed by atoms with van der Waals surface area (Å²) in [5, 5.41) is 0. The van der Waals surface area contributed by atoms with E-state index in [0.717, 1.165) is 19.3 Å². The number of hydrogen-bond donors (Lipinski definition) is 1. The van der Waals surface area contributed by atoms with E-state index in [4.69, 9.17) is 10.5 Å². The zero-order valence-corrected chi connectivity index (χ0v) is 9.92. The fraction of sp³-hybridized carbons (Fsp3) is 0.917. The highest BCUT2D eigenvalue weighted by molar-refractivity contribution is 5.70. The Hall–Kier alpha value is -0.570. The second-order valence-corrected chi connectivity index (χ2v) is 4.69. The molecule has 0 aromatic carbocycles. The van der Waals surface area contributed by atoms with Gasteiger partial charge in [-0.25, -0.2) is 0 Å². The molecular formula is C12H23NO2. The van der Waals surface area contributed by atoms with Crippen molar-refractivity contribution < 1.29 is 9.53 Å². The molecule has 0 aromatic rings. The fourth-order valence-electron chi connectivity index (χ4n) is 2.73. The number of esters is 1. The molecule has 88 valence electrons. The van der Waals surface area contributed by atoms with Crippen LogP contribution in [-0.4, -0.2) is 19.1 Å². The summed E-state index contributed by atoms with van der Waals surface area (Å²) in [6.45, 7) is 2.10. The minimum atomic E-state index is -0.110. The van der Waals surface area contributed by atoms with Crippen molar-refractivity contribution in [1.29, 1.82) is 0 Å². The summed E-state index contributed by atoms with van der Waals surface area (Å²) in [4.78, 5) is 11.4. The third-order valence-electron chi connectivity index (χ3n) is 3.80. The monoisotopic (exact) mass is 213 g/mol. The zero-order chi connectivity index (χ0) is 11.3. The average Bonchev–Trinajstić information content (AvgIpc) is 2.29. The minimum Gasteiger partial charge on any atom is -0.469 e. The van der Waals surface area contributed by atoms with E-state index in [-0.39, 0.29) is 17.4 Å². The molecule has 1 aliphatic rings. The van der Waals surface area contributed by atoms with Gasteiger partial charge in [0.25, 0.3) is 0 Å². The van der Waals surface area contributed by atoms with E-state index >= 15 is 0 Å². The summed E-state index contributed by atoms with van der Waals surface area (Å²) in [6, 6.07) is 0.136. The fourth-order valence-corrected chi connectivity index (χ4v) is 2.73. The van der Waals surface area contributed by atoms with Crippen LogP contribution in [0.4, 0.5) is 0 Å². The predicted octanol–water partition coefficient (Wildman–Crippen LogP) is 2.24. The number of rotatable bonds is 4. The summed E-state index contributed by atoms with van der Waals surface area (Å²) in [5.41, 5.74) is 6.19. The molecule has 0 aromatic heterocycles. The molecule has 0 amide bonds. The number of nitrogens with two attached hydrogens (primary N) is 1. The first-order valence-corrected chi connectivity index (χ1v) is 5.97. The number of hydrogen-bond acceptors (Lipinski definition) is 3. The second kappa shape index (κ2) is 5.50. The Morgan fingerprint density at radius 1 is 1.40 bits per heavy atom. The Labute approximate surface area is 92.4 Å².